The topological polar surface area (TPSA) is 80.0 Å². The first-order valence-corrected chi connectivity index (χ1v) is 6.56. The maximum Gasteiger partial charge on any atom is 0.276 e. The fraction of sp³-hybridized carbons (Fsp3) is 0.357. The second-order valence-corrected chi connectivity index (χ2v) is 4.53. The number of aromatic nitrogens is 2. The van der Waals surface area contributed by atoms with E-state index in [1.54, 1.807) is 12.3 Å². The van der Waals surface area contributed by atoms with Crippen molar-refractivity contribution >= 4 is 17.5 Å². The van der Waals surface area contributed by atoms with Gasteiger partial charge < -0.3 is 9.84 Å². The van der Waals surface area contributed by atoms with E-state index in [9.17, 15) is 4.79 Å². The summed E-state index contributed by atoms with van der Waals surface area (Å²) < 4.78 is 5.06. The summed E-state index contributed by atoms with van der Waals surface area (Å²) in [6, 6.07) is 3.54. The second kappa shape index (κ2) is 6.18. The lowest BCUT2D eigenvalue weighted by Gasteiger charge is -2.06. The van der Waals surface area contributed by atoms with Gasteiger partial charge in [0, 0.05) is 24.0 Å². The van der Waals surface area contributed by atoms with E-state index in [0.717, 1.165) is 29.9 Å². The zero-order valence-electron chi connectivity index (χ0n) is 11.9. The molecule has 0 aromatic carbocycles. The molecular formula is C14H18N4O2. The van der Waals surface area contributed by atoms with E-state index >= 15 is 0 Å². The number of carbonyl (C=O) groups excluding carboxylic acids is 1. The second-order valence-electron chi connectivity index (χ2n) is 4.53. The van der Waals surface area contributed by atoms with Crippen molar-refractivity contribution in [2.24, 2.45) is 0 Å². The first-order valence-electron chi connectivity index (χ1n) is 6.56. The van der Waals surface area contributed by atoms with Crippen molar-refractivity contribution in [1.82, 2.24) is 10.1 Å². The molecule has 0 saturated carbocycles. The average Bonchev–Trinajstić information content (AvgIpc) is 2.77. The number of nitrogens with zero attached hydrogens (tertiary/aromatic N) is 2. The van der Waals surface area contributed by atoms with Crippen molar-refractivity contribution in [1.29, 1.82) is 0 Å². The van der Waals surface area contributed by atoms with Gasteiger partial charge in [0.15, 0.2) is 0 Å². The van der Waals surface area contributed by atoms with Crippen LogP contribution in [0.2, 0.25) is 0 Å². The molecule has 0 unspecified atom stereocenters. The van der Waals surface area contributed by atoms with Gasteiger partial charge in [0.25, 0.3) is 5.91 Å². The highest BCUT2D eigenvalue weighted by Crippen LogP contribution is 2.18. The van der Waals surface area contributed by atoms with Gasteiger partial charge in [-0.15, -0.1) is 0 Å². The SMILES string of the molecule is CCCNc1ccnc(C(=O)Nc2onc(C)c2C)c1. The number of hydrogen-bond acceptors (Lipinski definition) is 5. The predicted octanol–water partition coefficient (Wildman–Crippen LogP) is 2.76. The first kappa shape index (κ1) is 14.0. The van der Waals surface area contributed by atoms with E-state index in [0.29, 0.717) is 11.6 Å². The molecule has 6 nitrogen and oxygen atoms in total. The van der Waals surface area contributed by atoms with Gasteiger partial charge in [-0.2, -0.15) is 0 Å². The smallest absolute Gasteiger partial charge is 0.276 e. The number of hydrogen-bond donors (Lipinski definition) is 2. The van der Waals surface area contributed by atoms with Gasteiger partial charge in [-0.05, 0) is 32.4 Å². The van der Waals surface area contributed by atoms with Gasteiger partial charge in [0.2, 0.25) is 5.88 Å². The van der Waals surface area contributed by atoms with Gasteiger partial charge >= 0.3 is 0 Å². The average molecular weight is 274 g/mol. The Bertz CT molecular complexity index is 607. The number of aryl methyl sites for hydroxylation is 1. The maximum absolute atomic E-state index is 12.1. The molecule has 0 fully saturated rings. The fourth-order valence-electron chi connectivity index (χ4n) is 1.63. The normalized spacial score (nSPS) is 10.3. The van der Waals surface area contributed by atoms with Crippen LogP contribution in [0.3, 0.4) is 0 Å². The molecule has 1 amide bonds. The Morgan fingerprint density at radius 1 is 1.40 bits per heavy atom. The van der Waals surface area contributed by atoms with E-state index in [4.69, 9.17) is 4.52 Å². The minimum Gasteiger partial charge on any atom is -0.385 e. The van der Waals surface area contributed by atoms with Gasteiger partial charge in [0.05, 0.1) is 5.69 Å². The monoisotopic (exact) mass is 274 g/mol. The van der Waals surface area contributed by atoms with Gasteiger partial charge in [-0.25, -0.2) is 0 Å². The van der Waals surface area contributed by atoms with Crippen LogP contribution in [0.15, 0.2) is 22.9 Å². The summed E-state index contributed by atoms with van der Waals surface area (Å²) in [5.41, 5.74) is 2.78. The van der Waals surface area contributed by atoms with E-state index < -0.39 is 0 Å². The van der Waals surface area contributed by atoms with Crippen LogP contribution < -0.4 is 10.6 Å². The van der Waals surface area contributed by atoms with Crippen molar-refractivity contribution in [3.8, 4) is 0 Å². The molecule has 0 aliphatic carbocycles. The van der Waals surface area contributed by atoms with Crippen LogP contribution >= 0.6 is 0 Å². The van der Waals surface area contributed by atoms with Gasteiger partial charge in [-0.1, -0.05) is 12.1 Å². The number of pyridine rings is 1. The molecule has 2 aromatic heterocycles. The Hall–Kier alpha value is -2.37. The van der Waals surface area contributed by atoms with Gasteiger partial charge in [-0.3, -0.25) is 15.1 Å². The van der Waals surface area contributed by atoms with Crippen molar-refractivity contribution < 1.29 is 9.32 Å². The Morgan fingerprint density at radius 3 is 2.85 bits per heavy atom. The standard InChI is InChI=1S/C14H18N4O2/c1-4-6-15-11-5-7-16-12(8-11)13(19)17-14-9(2)10(3)18-20-14/h5,7-8H,4,6H2,1-3H3,(H,15,16)(H,17,19). The molecule has 2 rings (SSSR count). The minimum atomic E-state index is -0.315. The van der Waals surface area contributed by atoms with Crippen LogP contribution in [0.4, 0.5) is 11.6 Å². The highest BCUT2D eigenvalue weighted by Gasteiger charge is 2.14. The first-order chi connectivity index (χ1) is 9.61. The van der Waals surface area contributed by atoms with E-state index in [-0.39, 0.29) is 5.91 Å². The Morgan fingerprint density at radius 2 is 2.20 bits per heavy atom. The molecule has 0 aliphatic rings. The molecule has 2 aromatic rings. The summed E-state index contributed by atoms with van der Waals surface area (Å²) in [5.74, 6) is 0.0469. The third kappa shape index (κ3) is 3.14. The molecule has 0 atom stereocenters. The zero-order valence-corrected chi connectivity index (χ0v) is 11.9. The summed E-state index contributed by atoms with van der Waals surface area (Å²) in [5, 5.41) is 9.68. The van der Waals surface area contributed by atoms with Crippen LogP contribution in [0.5, 0.6) is 0 Å². The molecule has 0 spiro atoms. The van der Waals surface area contributed by atoms with Crippen molar-refractivity contribution in [2.75, 3.05) is 17.2 Å². The lowest BCUT2D eigenvalue weighted by molar-refractivity contribution is 0.101. The lowest BCUT2D eigenvalue weighted by Crippen LogP contribution is -2.14. The van der Waals surface area contributed by atoms with Crippen molar-refractivity contribution in [3.63, 3.8) is 0 Å². The van der Waals surface area contributed by atoms with Gasteiger partial charge in [0.1, 0.15) is 5.69 Å². The molecule has 2 heterocycles. The minimum absolute atomic E-state index is 0.315. The Labute approximate surface area is 117 Å². The van der Waals surface area contributed by atoms with Crippen LogP contribution in [0.25, 0.3) is 0 Å². The quantitative estimate of drug-likeness (QED) is 0.876. The molecule has 6 heteroatoms. The van der Waals surface area contributed by atoms with Crippen LogP contribution in [-0.4, -0.2) is 22.6 Å². The Balaban J connectivity index is 2.11. The summed E-state index contributed by atoms with van der Waals surface area (Å²) in [7, 11) is 0. The third-order valence-electron chi connectivity index (χ3n) is 2.96. The summed E-state index contributed by atoms with van der Waals surface area (Å²) >= 11 is 0. The zero-order chi connectivity index (χ0) is 14.5. The molecule has 0 aliphatic heterocycles. The highest BCUT2D eigenvalue weighted by molar-refractivity contribution is 6.02. The largest absolute Gasteiger partial charge is 0.385 e. The molecule has 0 bridgehead atoms. The maximum atomic E-state index is 12.1. The molecule has 20 heavy (non-hydrogen) atoms. The number of rotatable bonds is 5. The Kier molecular flexibility index (Phi) is 4.34. The van der Waals surface area contributed by atoms with E-state index in [1.165, 1.54) is 0 Å². The van der Waals surface area contributed by atoms with Crippen molar-refractivity contribution in [2.45, 2.75) is 27.2 Å². The van der Waals surface area contributed by atoms with E-state index in [1.807, 2.05) is 19.9 Å². The third-order valence-corrected chi connectivity index (χ3v) is 2.96. The summed E-state index contributed by atoms with van der Waals surface area (Å²) in [4.78, 5) is 16.2. The van der Waals surface area contributed by atoms with Crippen LogP contribution in [0.1, 0.15) is 35.1 Å². The molecule has 2 N–H and O–H groups in total. The highest BCUT2D eigenvalue weighted by atomic mass is 16.5. The lowest BCUT2D eigenvalue weighted by atomic mass is 10.2. The predicted molar refractivity (Wildman–Crippen MR) is 76.9 cm³/mol. The number of nitrogens with one attached hydrogen (secondary N) is 2. The van der Waals surface area contributed by atoms with Crippen LogP contribution in [0, 0.1) is 13.8 Å². The number of carbonyl (C=O) groups is 1. The number of amides is 1. The van der Waals surface area contributed by atoms with Crippen molar-refractivity contribution in [3.05, 3.63) is 35.3 Å². The molecular weight excluding hydrogens is 256 g/mol. The van der Waals surface area contributed by atoms with E-state index in [2.05, 4.69) is 27.7 Å². The summed E-state index contributed by atoms with van der Waals surface area (Å²) in [6.45, 7) is 6.60. The molecule has 0 radical (unpaired) electrons. The summed E-state index contributed by atoms with van der Waals surface area (Å²) in [6.07, 6.45) is 2.62. The fourth-order valence-corrected chi connectivity index (χ4v) is 1.63. The van der Waals surface area contributed by atoms with Crippen LogP contribution in [-0.2, 0) is 0 Å². The number of anilines is 2. The molecule has 0 saturated heterocycles. The molecule has 106 valence electrons.